The first-order chi connectivity index (χ1) is 8.44. The summed E-state index contributed by atoms with van der Waals surface area (Å²) in [5.74, 6) is -1.37. The molecule has 3 N–H and O–H groups in total. The normalized spacial score (nSPS) is 23.1. The number of nitrogens with two attached hydrogens (primary N) is 1. The van der Waals surface area contributed by atoms with Gasteiger partial charge in [0.2, 0.25) is 5.91 Å². The van der Waals surface area contributed by atoms with Crippen molar-refractivity contribution in [3.05, 3.63) is 24.0 Å². The van der Waals surface area contributed by atoms with Gasteiger partial charge >= 0.3 is 5.97 Å². The average Bonchev–Trinajstić information content (AvgIpc) is 2.73. The highest BCUT2D eigenvalue weighted by molar-refractivity contribution is 5.94. The molecule has 6 nitrogen and oxygen atoms in total. The topological polar surface area (TPSA) is 96.5 Å². The van der Waals surface area contributed by atoms with Crippen molar-refractivity contribution in [1.82, 2.24) is 4.98 Å². The zero-order chi connectivity index (χ0) is 13.3. The van der Waals surface area contributed by atoms with Gasteiger partial charge < -0.3 is 15.7 Å². The number of hydrogen-bond acceptors (Lipinski definition) is 4. The fourth-order valence-corrected chi connectivity index (χ4v) is 2.20. The molecule has 0 bridgehead atoms. The molecule has 1 atom stereocenters. The highest BCUT2D eigenvalue weighted by Gasteiger charge is 2.39. The Kier molecular flexibility index (Phi) is 2.94. The molecule has 0 spiro atoms. The first-order valence-electron chi connectivity index (χ1n) is 5.66. The Morgan fingerprint density at radius 2 is 2.28 bits per heavy atom. The minimum atomic E-state index is -1.02. The molecule has 2 rings (SSSR count). The summed E-state index contributed by atoms with van der Waals surface area (Å²) in [6.45, 7) is 2.85. The van der Waals surface area contributed by atoms with Gasteiger partial charge in [-0.2, -0.15) is 0 Å². The van der Waals surface area contributed by atoms with Gasteiger partial charge in [-0.05, 0) is 19.4 Å². The van der Waals surface area contributed by atoms with Gasteiger partial charge in [-0.15, -0.1) is 0 Å². The number of carbonyl (C=O) groups excluding carboxylic acids is 1. The van der Waals surface area contributed by atoms with Gasteiger partial charge in [-0.25, -0.2) is 4.79 Å². The van der Waals surface area contributed by atoms with Crippen LogP contribution in [0, 0.1) is 5.41 Å². The number of primary amides is 1. The van der Waals surface area contributed by atoms with E-state index >= 15 is 0 Å². The SMILES string of the molecule is CC1(C(N)=O)CCN(c2ccncc2C(=O)O)C1. The van der Waals surface area contributed by atoms with E-state index in [1.807, 2.05) is 4.90 Å². The first-order valence-corrected chi connectivity index (χ1v) is 5.66. The number of aromatic nitrogens is 1. The Labute approximate surface area is 104 Å². The summed E-state index contributed by atoms with van der Waals surface area (Å²) in [7, 11) is 0. The third-order valence-electron chi connectivity index (χ3n) is 3.44. The Bertz CT molecular complexity index is 503. The van der Waals surface area contributed by atoms with Gasteiger partial charge in [0.15, 0.2) is 0 Å². The van der Waals surface area contributed by atoms with Crippen molar-refractivity contribution in [1.29, 1.82) is 0 Å². The van der Waals surface area contributed by atoms with Gasteiger partial charge in [0.25, 0.3) is 0 Å². The standard InChI is InChI=1S/C12H15N3O3/c1-12(11(13)18)3-5-15(7-12)9-2-4-14-6-8(9)10(16)17/h2,4,6H,3,5,7H2,1H3,(H2,13,18)(H,16,17). The minimum Gasteiger partial charge on any atom is -0.478 e. The molecule has 6 heteroatoms. The molecule has 0 radical (unpaired) electrons. The summed E-state index contributed by atoms with van der Waals surface area (Å²) in [5.41, 5.74) is 5.51. The predicted octanol–water partition coefficient (Wildman–Crippen LogP) is 0.481. The smallest absolute Gasteiger partial charge is 0.339 e. The molecule has 1 unspecified atom stereocenters. The van der Waals surface area contributed by atoms with Crippen LogP contribution in [0.3, 0.4) is 0 Å². The van der Waals surface area contributed by atoms with E-state index in [1.54, 1.807) is 19.2 Å². The maximum Gasteiger partial charge on any atom is 0.339 e. The Morgan fingerprint density at radius 3 is 2.83 bits per heavy atom. The Morgan fingerprint density at radius 1 is 1.56 bits per heavy atom. The molecule has 0 aromatic carbocycles. The van der Waals surface area contributed by atoms with E-state index in [1.165, 1.54) is 6.20 Å². The third kappa shape index (κ3) is 2.01. The highest BCUT2D eigenvalue weighted by Crippen LogP contribution is 2.34. The molecule has 96 valence electrons. The zero-order valence-corrected chi connectivity index (χ0v) is 10.1. The van der Waals surface area contributed by atoms with Crippen LogP contribution in [0.4, 0.5) is 5.69 Å². The molecule has 1 aromatic rings. The maximum absolute atomic E-state index is 11.4. The Balaban J connectivity index is 2.30. The zero-order valence-electron chi connectivity index (χ0n) is 10.1. The number of rotatable bonds is 3. The van der Waals surface area contributed by atoms with Crippen LogP contribution < -0.4 is 10.6 Å². The molecule has 2 heterocycles. The fourth-order valence-electron chi connectivity index (χ4n) is 2.20. The van der Waals surface area contributed by atoms with E-state index in [0.717, 1.165) is 0 Å². The van der Waals surface area contributed by atoms with Gasteiger partial charge in [0, 0.05) is 25.5 Å². The molecule has 1 fully saturated rings. The molecule has 1 amide bonds. The number of carboxylic acids is 1. The monoisotopic (exact) mass is 249 g/mol. The second-order valence-electron chi connectivity index (χ2n) is 4.79. The highest BCUT2D eigenvalue weighted by atomic mass is 16.4. The van der Waals surface area contributed by atoms with Crippen molar-refractivity contribution < 1.29 is 14.7 Å². The number of pyridine rings is 1. The lowest BCUT2D eigenvalue weighted by Crippen LogP contribution is -2.37. The van der Waals surface area contributed by atoms with E-state index in [4.69, 9.17) is 10.8 Å². The minimum absolute atomic E-state index is 0.145. The summed E-state index contributed by atoms with van der Waals surface area (Å²) in [4.78, 5) is 28.2. The van der Waals surface area contributed by atoms with E-state index in [0.29, 0.717) is 25.2 Å². The van der Waals surface area contributed by atoms with E-state index in [9.17, 15) is 9.59 Å². The van der Waals surface area contributed by atoms with Crippen LogP contribution in [0.25, 0.3) is 0 Å². The number of hydrogen-bond donors (Lipinski definition) is 2. The molecule has 0 aliphatic carbocycles. The van der Waals surface area contributed by atoms with E-state index in [-0.39, 0.29) is 11.5 Å². The van der Waals surface area contributed by atoms with Crippen molar-refractivity contribution in [2.45, 2.75) is 13.3 Å². The van der Waals surface area contributed by atoms with Crippen LogP contribution >= 0.6 is 0 Å². The lowest BCUT2D eigenvalue weighted by molar-refractivity contribution is -0.125. The summed E-state index contributed by atoms with van der Waals surface area (Å²) >= 11 is 0. The fraction of sp³-hybridized carbons (Fsp3) is 0.417. The summed E-state index contributed by atoms with van der Waals surface area (Å²) < 4.78 is 0. The van der Waals surface area contributed by atoms with Crippen LogP contribution in [-0.4, -0.2) is 35.1 Å². The van der Waals surface area contributed by atoms with Crippen molar-refractivity contribution in [2.24, 2.45) is 11.1 Å². The number of amides is 1. The van der Waals surface area contributed by atoms with Gasteiger partial charge in [0.05, 0.1) is 11.1 Å². The second kappa shape index (κ2) is 4.29. The van der Waals surface area contributed by atoms with Gasteiger partial charge in [-0.3, -0.25) is 9.78 Å². The first kappa shape index (κ1) is 12.3. The van der Waals surface area contributed by atoms with Crippen LogP contribution in [0.1, 0.15) is 23.7 Å². The third-order valence-corrected chi connectivity index (χ3v) is 3.44. The van der Waals surface area contributed by atoms with Crippen molar-refractivity contribution in [3.8, 4) is 0 Å². The molecule has 1 aliphatic heterocycles. The maximum atomic E-state index is 11.4. The molecule has 1 aromatic heterocycles. The molecule has 1 aliphatic rings. The van der Waals surface area contributed by atoms with Crippen molar-refractivity contribution in [2.75, 3.05) is 18.0 Å². The predicted molar refractivity (Wildman–Crippen MR) is 65.3 cm³/mol. The summed E-state index contributed by atoms with van der Waals surface area (Å²) in [6.07, 6.45) is 3.49. The molecule has 0 saturated carbocycles. The average molecular weight is 249 g/mol. The largest absolute Gasteiger partial charge is 0.478 e. The second-order valence-corrected chi connectivity index (χ2v) is 4.79. The van der Waals surface area contributed by atoms with Crippen LogP contribution in [-0.2, 0) is 4.79 Å². The lowest BCUT2D eigenvalue weighted by atomic mass is 9.89. The quantitative estimate of drug-likeness (QED) is 0.812. The molecule has 1 saturated heterocycles. The number of carbonyl (C=O) groups is 2. The summed E-state index contributed by atoms with van der Waals surface area (Å²) in [5, 5.41) is 9.11. The van der Waals surface area contributed by atoms with Gasteiger partial charge in [-0.1, -0.05) is 0 Å². The molecule has 18 heavy (non-hydrogen) atoms. The van der Waals surface area contributed by atoms with Crippen molar-refractivity contribution in [3.63, 3.8) is 0 Å². The molecular formula is C12H15N3O3. The van der Waals surface area contributed by atoms with E-state index in [2.05, 4.69) is 4.98 Å². The molecular weight excluding hydrogens is 234 g/mol. The van der Waals surface area contributed by atoms with Crippen LogP contribution in [0.15, 0.2) is 18.5 Å². The van der Waals surface area contributed by atoms with Crippen LogP contribution in [0.2, 0.25) is 0 Å². The number of anilines is 1. The number of nitrogens with zero attached hydrogens (tertiary/aromatic N) is 2. The van der Waals surface area contributed by atoms with E-state index < -0.39 is 11.4 Å². The summed E-state index contributed by atoms with van der Waals surface area (Å²) in [6, 6.07) is 1.65. The number of carboxylic acid groups (broad SMARTS) is 1. The Hall–Kier alpha value is -2.11. The number of aromatic carboxylic acids is 1. The van der Waals surface area contributed by atoms with Crippen LogP contribution in [0.5, 0.6) is 0 Å². The van der Waals surface area contributed by atoms with Gasteiger partial charge in [0.1, 0.15) is 5.56 Å². The lowest BCUT2D eigenvalue weighted by Gasteiger charge is -2.23. The van der Waals surface area contributed by atoms with Crippen molar-refractivity contribution >= 4 is 17.6 Å².